The smallest absolute Gasteiger partial charge is 0.320 e. The SMILES string of the molecule is C=NCN1C[C@H]2CCN(C(=O)N3CC(Oc4ccccc4)C3)[C@H]2C1. The van der Waals surface area contributed by atoms with Gasteiger partial charge in [-0.2, -0.15) is 0 Å². The van der Waals surface area contributed by atoms with Crippen molar-refractivity contribution in [2.45, 2.75) is 18.6 Å². The maximum absolute atomic E-state index is 12.8. The fourth-order valence-corrected chi connectivity index (χ4v) is 4.09. The van der Waals surface area contributed by atoms with Crippen LogP contribution in [0.1, 0.15) is 6.42 Å². The predicted molar refractivity (Wildman–Crippen MR) is 92.4 cm³/mol. The Kier molecular flexibility index (Phi) is 4.14. The van der Waals surface area contributed by atoms with Crippen molar-refractivity contribution in [3.63, 3.8) is 0 Å². The highest BCUT2D eigenvalue weighted by Gasteiger charge is 2.46. The Hall–Kier alpha value is -2.08. The van der Waals surface area contributed by atoms with Gasteiger partial charge in [-0.25, -0.2) is 4.79 Å². The number of rotatable bonds is 4. The Morgan fingerprint density at radius 3 is 2.75 bits per heavy atom. The van der Waals surface area contributed by atoms with Gasteiger partial charge in [0.25, 0.3) is 0 Å². The number of fused-ring (bicyclic) bond motifs is 1. The highest BCUT2D eigenvalue weighted by molar-refractivity contribution is 5.76. The fraction of sp³-hybridized carbons (Fsp3) is 0.556. The van der Waals surface area contributed by atoms with E-state index < -0.39 is 0 Å². The second-order valence-electron chi connectivity index (χ2n) is 6.95. The van der Waals surface area contributed by atoms with Crippen LogP contribution in [0.2, 0.25) is 0 Å². The molecule has 0 aromatic heterocycles. The van der Waals surface area contributed by atoms with Gasteiger partial charge >= 0.3 is 6.03 Å². The summed E-state index contributed by atoms with van der Waals surface area (Å²) < 4.78 is 5.89. The van der Waals surface area contributed by atoms with Crippen LogP contribution >= 0.6 is 0 Å². The molecule has 3 saturated heterocycles. The van der Waals surface area contributed by atoms with E-state index in [1.165, 1.54) is 0 Å². The van der Waals surface area contributed by atoms with Crippen LogP contribution in [0.3, 0.4) is 0 Å². The molecular formula is C18H24N4O2. The summed E-state index contributed by atoms with van der Waals surface area (Å²) >= 11 is 0. The lowest BCUT2D eigenvalue weighted by Gasteiger charge is -2.42. The minimum absolute atomic E-state index is 0.111. The number of benzene rings is 1. The molecule has 2 amide bonds. The normalized spacial score (nSPS) is 27.0. The highest BCUT2D eigenvalue weighted by atomic mass is 16.5. The van der Waals surface area contributed by atoms with Gasteiger partial charge in [0, 0.05) is 19.6 Å². The van der Waals surface area contributed by atoms with Gasteiger partial charge < -0.3 is 14.5 Å². The van der Waals surface area contributed by atoms with Gasteiger partial charge in [0.1, 0.15) is 11.9 Å². The minimum atomic E-state index is 0.111. The molecule has 0 aliphatic carbocycles. The highest BCUT2D eigenvalue weighted by Crippen LogP contribution is 2.33. The molecule has 0 unspecified atom stereocenters. The average Bonchev–Trinajstić information content (AvgIpc) is 3.11. The van der Waals surface area contributed by atoms with Crippen LogP contribution < -0.4 is 4.74 Å². The van der Waals surface area contributed by atoms with E-state index in [9.17, 15) is 4.79 Å². The summed E-state index contributed by atoms with van der Waals surface area (Å²) in [4.78, 5) is 23.0. The molecule has 3 fully saturated rings. The third kappa shape index (κ3) is 2.86. The number of aliphatic imine (C=N–C) groups is 1. The number of likely N-dealkylation sites (tertiary alicyclic amines) is 3. The first-order valence-corrected chi connectivity index (χ1v) is 8.66. The van der Waals surface area contributed by atoms with E-state index in [0.717, 1.165) is 31.8 Å². The Morgan fingerprint density at radius 1 is 1.21 bits per heavy atom. The molecule has 128 valence electrons. The van der Waals surface area contributed by atoms with E-state index in [1.807, 2.05) is 35.2 Å². The molecule has 1 aromatic carbocycles. The predicted octanol–water partition coefficient (Wildman–Crippen LogP) is 1.53. The molecular weight excluding hydrogens is 304 g/mol. The quantitative estimate of drug-likeness (QED) is 0.788. The van der Waals surface area contributed by atoms with Gasteiger partial charge in [0.15, 0.2) is 0 Å². The molecule has 0 saturated carbocycles. The summed E-state index contributed by atoms with van der Waals surface area (Å²) in [6, 6.07) is 10.3. The first-order valence-electron chi connectivity index (χ1n) is 8.66. The zero-order valence-electron chi connectivity index (χ0n) is 13.9. The lowest BCUT2D eigenvalue weighted by atomic mass is 10.1. The second-order valence-corrected chi connectivity index (χ2v) is 6.95. The van der Waals surface area contributed by atoms with E-state index in [0.29, 0.717) is 31.7 Å². The Labute approximate surface area is 142 Å². The molecule has 0 radical (unpaired) electrons. The van der Waals surface area contributed by atoms with E-state index >= 15 is 0 Å². The zero-order valence-corrected chi connectivity index (χ0v) is 13.9. The van der Waals surface area contributed by atoms with Crippen molar-refractivity contribution in [2.75, 3.05) is 39.4 Å². The minimum Gasteiger partial charge on any atom is -0.487 e. The molecule has 2 atom stereocenters. The third-order valence-electron chi connectivity index (χ3n) is 5.33. The maximum Gasteiger partial charge on any atom is 0.320 e. The summed E-state index contributed by atoms with van der Waals surface area (Å²) in [5.74, 6) is 1.47. The summed E-state index contributed by atoms with van der Waals surface area (Å²) in [6.45, 7) is 8.44. The fourth-order valence-electron chi connectivity index (χ4n) is 4.09. The van der Waals surface area contributed by atoms with Crippen molar-refractivity contribution in [1.29, 1.82) is 0 Å². The molecule has 0 bridgehead atoms. The summed E-state index contributed by atoms with van der Waals surface area (Å²) in [5.41, 5.74) is 0. The maximum atomic E-state index is 12.8. The number of urea groups is 1. The number of ether oxygens (including phenoxy) is 1. The van der Waals surface area contributed by atoms with Crippen molar-refractivity contribution in [1.82, 2.24) is 14.7 Å². The zero-order chi connectivity index (χ0) is 16.5. The molecule has 4 rings (SSSR count). The van der Waals surface area contributed by atoms with Crippen LogP contribution in [-0.2, 0) is 0 Å². The topological polar surface area (TPSA) is 48.4 Å². The van der Waals surface area contributed by atoms with E-state index in [2.05, 4.69) is 21.5 Å². The van der Waals surface area contributed by atoms with Crippen LogP contribution in [0, 0.1) is 5.92 Å². The van der Waals surface area contributed by atoms with Crippen LogP contribution in [0.5, 0.6) is 5.75 Å². The van der Waals surface area contributed by atoms with Crippen molar-refractivity contribution in [3.8, 4) is 5.75 Å². The summed E-state index contributed by atoms with van der Waals surface area (Å²) in [6.07, 6.45) is 1.21. The number of para-hydroxylation sites is 1. The van der Waals surface area contributed by atoms with E-state index in [4.69, 9.17) is 4.74 Å². The molecule has 0 N–H and O–H groups in total. The Balaban J connectivity index is 1.29. The molecule has 3 aliphatic heterocycles. The molecule has 24 heavy (non-hydrogen) atoms. The van der Waals surface area contributed by atoms with Crippen molar-refractivity contribution in [3.05, 3.63) is 30.3 Å². The molecule has 3 aliphatic rings. The van der Waals surface area contributed by atoms with E-state index in [1.54, 1.807) is 0 Å². The van der Waals surface area contributed by atoms with Crippen molar-refractivity contribution in [2.24, 2.45) is 10.9 Å². The molecule has 1 aromatic rings. The number of hydrogen-bond acceptors (Lipinski definition) is 4. The second kappa shape index (κ2) is 6.43. The van der Waals surface area contributed by atoms with Gasteiger partial charge in [-0.3, -0.25) is 9.89 Å². The monoisotopic (exact) mass is 328 g/mol. The van der Waals surface area contributed by atoms with Crippen LogP contribution in [0.15, 0.2) is 35.3 Å². The molecule has 6 heteroatoms. The number of amides is 2. The number of nitrogens with zero attached hydrogens (tertiary/aromatic N) is 4. The first-order chi connectivity index (χ1) is 11.7. The summed E-state index contributed by atoms with van der Waals surface area (Å²) in [5, 5.41) is 0. The van der Waals surface area contributed by atoms with Crippen LogP contribution in [-0.4, -0.2) is 79.0 Å². The van der Waals surface area contributed by atoms with Crippen molar-refractivity contribution >= 4 is 12.7 Å². The van der Waals surface area contributed by atoms with E-state index in [-0.39, 0.29) is 12.1 Å². The van der Waals surface area contributed by atoms with Crippen LogP contribution in [0.25, 0.3) is 0 Å². The Morgan fingerprint density at radius 2 is 2.00 bits per heavy atom. The number of carbonyl (C=O) groups is 1. The van der Waals surface area contributed by atoms with Crippen LogP contribution in [0.4, 0.5) is 4.79 Å². The van der Waals surface area contributed by atoms with Gasteiger partial charge in [-0.05, 0) is 31.2 Å². The van der Waals surface area contributed by atoms with Gasteiger partial charge in [0.2, 0.25) is 0 Å². The molecule has 6 nitrogen and oxygen atoms in total. The standard InChI is InChI=1S/C18H24N4O2/c1-19-13-20-9-14-7-8-22(17(14)12-20)18(23)21-10-16(11-21)24-15-5-3-2-4-6-15/h2-6,14,16-17H,1,7-13H2/t14-,17+/m1/s1. The van der Waals surface area contributed by atoms with Crippen molar-refractivity contribution < 1.29 is 9.53 Å². The summed E-state index contributed by atoms with van der Waals surface area (Å²) in [7, 11) is 0. The van der Waals surface area contributed by atoms with Gasteiger partial charge in [0.05, 0.1) is 25.8 Å². The lowest BCUT2D eigenvalue weighted by molar-refractivity contribution is 0.0290. The number of hydrogen-bond donors (Lipinski definition) is 0. The largest absolute Gasteiger partial charge is 0.487 e. The third-order valence-corrected chi connectivity index (χ3v) is 5.33. The van der Waals surface area contributed by atoms with Gasteiger partial charge in [-0.1, -0.05) is 18.2 Å². The Bertz CT molecular complexity index is 602. The lowest BCUT2D eigenvalue weighted by Crippen LogP contribution is -2.60. The molecule has 3 heterocycles. The molecule has 0 spiro atoms. The first kappa shape index (κ1) is 15.4. The van der Waals surface area contributed by atoms with Gasteiger partial charge in [-0.15, -0.1) is 0 Å². The number of carbonyl (C=O) groups excluding carboxylic acids is 1. The average molecular weight is 328 g/mol.